The van der Waals surface area contributed by atoms with Crippen LogP contribution in [0.2, 0.25) is 0 Å². The van der Waals surface area contributed by atoms with Crippen LogP contribution in [0.1, 0.15) is 5.56 Å². The Bertz CT molecular complexity index is 360. The molecule has 5 heteroatoms. The van der Waals surface area contributed by atoms with Crippen LogP contribution < -0.4 is 11.3 Å². The van der Waals surface area contributed by atoms with Crippen LogP contribution in [-0.2, 0) is 6.54 Å². The van der Waals surface area contributed by atoms with Crippen LogP contribution in [0.25, 0.3) is 0 Å². The number of aromatic nitrogens is 1. The number of aryl methyl sites for hydroxylation is 1. The number of hydrogen-bond acceptors (Lipinski definition) is 2. The van der Waals surface area contributed by atoms with Gasteiger partial charge < -0.3 is 10.3 Å². The summed E-state index contributed by atoms with van der Waals surface area (Å²) < 4.78 is 24.8. The molecule has 0 saturated carbocycles. The SMILES string of the molecule is Cc1cc(=O)n(CC(F)F)cc1N. The Morgan fingerprint density at radius 2 is 2.23 bits per heavy atom. The number of anilines is 1. The fraction of sp³-hybridized carbons (Fsp3) is 0.375. The third kappa shape index (κ3) is 2.27. The standard InChI is InChI=1S/C8H10F2N2O/c1-5-2-8(13)12(3-6(5)11)4-7(9)10/h2-3,7H,4,11H2,1H3. The maximum Gasteiger partial charge on any atom is 0.256 e. The van der Waals surface area contributed by atoms with E-state index in [-0.39, 0.29) is 0 Å². The average molecular weight is 188 g/mol. The molecule has 1 heterocycles. The van der Waals surface area contributed by atoms with E-state index >= 15 is 0 Å². The minimum Gasteiger partial charge on any atom is -0.397 e. The lowest BCUT2D eigenvalue weighted by Crippen LogP contribution is -2.23. The topological polar surface area (TPSA) is 48.0 Å². The van der Waals surface area contributed by atoms with Crippen molar-refractivity contribution in [3.8, 4) is 0 Å². The van der Waals surface area contributed by atoms with Crippen LogP contribution in [0.3, 0.4) is 0 Å². The van der Waals surface area contributed by atoms with E-state index in [1.165, 1.54) is 12.3 Å². The summed E-state index contributed by atoms with van der Waals surface area (Å²) in [4.78, 5) is 11.1. The minimum atomic E-state index is -2.54. The molecule has 13 heavy (non-hydrogen) atoms. The Labute approximate surface area is 73.8 Å². The second kappa shape index (κ2) is 3.55. The fourth-order valence-corrected chi connectivity index (χ4v) is 0.976. The third-order valence-electron chi connectivity index (χ3n) is 1.71. The van der Waals surface area contributed by atoms with Crippen LogP contribution in [0, 0.1) is 6.92 Å². The van der Waals surface area contributed by atoms with Crippen LogP contribution in [0.5, 0.6) is 0 Å². The number of nitrogens with two attached hydrogens (primary N) is 1. The predicted molar refractivity (Wildman–Crippen MR) is 45.9 cm³/mol. The van der Waals surface area contributed by atoms with Gasteiger partial charge in [-0.05, 0) is 12.5 Å². The van der Waals surface area contributed by atoms with Crippen molar-refractivity contribution in [2.75, 3.05) is 5.73 Å². The van der Waals surface area contributed by atoms with E-state index in [1.807, 2.05) is 0 Å². The molecule has 2 N–H and O–H groups in total. The Kier molecular flexibility index (Phi) is 2.65. The number of pyridine rings is 1. The molecule has 0 fully saturated rings. The number of nitrogens with zero attached hydrogens (tertiary/aromatic N) is 1. The summed E-state index contributed by atoms with van der Waals surface area (Å²) in [5.41, 5.74) is 5.96. The van der Waals surface area contributed by atoms with Crippen LogP contribution in [0.4, 0.5) is 14.5 Å². The van der Waals surface area contributed by atoms with Gasteiger partial charge in [-0.3, -0.25) is 4.79 Å². The Balaban J connectivity index is 3.09. The molecule has 0 bridgehead atoms. The van der Waals surface area contributed by atoms with Crippen molar-refractivity contribution in [1.29, 1.82) is 0 Å². The van der Waals surface area contributed by atoms with Gasteiger partial charge in [-0.1, -0.05) is 0 Å². The van der Waals surface area contributed by atoms with E-state index in [9.17, 15) is 13.6 Å². The molecule has 0 aliphatic carbocycles. The molecule has 0 aliphatic rings. The predicted octanol–water partition coefficient (Wildman–Crippen LogP) is 1.00. The molecule has 0 atom stereocenters. The molecule has 1 rings (SSSR count). The van der Waals surface area contributed by atoms with Crippen molar-refractivity contribution in [3.63, 3.8) is 0 Å². The lowest BCUT2D eigenvalue weighted by atomic mass is 10.2. The highest BCUT2D eigenvalue weighted by Gasteiger charge is 2.06. The van der Waals surface area contributed by atoms with E-state index in [0.29, 0.717) is 11.3 Å². The molecular formula is C8H10F2N2O. The molecule has 0 aliphatic heterocycles. The number of nitrogen functional groups attached to an aromatic ring is 1. The summed E-state index contributed by atoms with van der Waals surface area (Å²) in [6.07, 6.45) is -1.30. The van der Waals surface area contributed by atoms with Gasteiger partial charge in [-0.2, -0.15) is 0 Å². The van der Waals surface area contributed by atoms with Crippen molar-refractivity contribution in [3.05, 3.63) is 28.2 Å². The number of rotatable bonds is 2. The van der Waals surface area contributed by atoms with E-state index in [0.717, 1.165) is 4.57 Å². The minimum absolute atomic E-state index is 0.347. The highest BCUT2D eigenvalue weighted by Crippen LogP contribution is 2.06. The van der Waals surface area contributed by atoms with Crippen LogP contribution in [0.15, 0.2) is 17.1 Å². The monoisotopic (exact) mass is 188 g/mol. The summed E-state index contributed by atoms with van der Waals surface area (Å²) in [5, 5.41) is 0. The van der Waals surface area contributed by atoms with Crippen LogP contribution in [-0.4, -0.2) is 11.0 Å². The van der Waals surface area contributed by atoms with Crippen molar-refractivity contribution in [1.82, 2.24) is 4.57 Å². The second-order valence-electron chi connectivity index (χ2n) is 2.79. The van der Waals surface area contributed by atoms with Crippen molar-refractivity contribution in [2.45, 2.75) is 19.9 Å². The highest BCUT2D eigenvalue weighted by molar-refractivity contribution is 5.42. The van der Waals surface area contributed by atoms with Gasteiger partial charge in [0.2, 0.25) is 0 Å². The number of halogens is 2. The molecule has 0 unspecified atom stereocenters. The van der Waals surface area contributed by atoms with E-state index < -0.39 is 18.5 Å². The third-order valence-corrected chi connectivity index (χ3v) is 1.71. The largest absolute Gasteiger partial charge is 0.397 e. The van der Waals surface area contributed by atoms with E-state index in [1.54, 1.807) is 6.92 Å². The zero-order chi connectivity index (χ0) is 10.0. The zero-order valence-electron chi connectivity index (χ0n) is 7.13. The molecule has 0 spiro atoms. The van der Waals surface area contributed by atoms with Crippen molar-refractivity contribution in [2.24, 2.45) is 0 Å². The second-order valence-corrected chi connectivity index (χ2v) is 2.79. The molecule has 0 saturated heterocycles. The fourth-order valence-electron chi connectivity index (χ4n) is 0.976. The maximum atomic E-state index is 11.9. The highest BCUT2D eigenvalue weighted by atomic mass is 19.3. The van der Waals surface area contributed by atoms with Gasteiger partial charge in [0.1, 0.15) is 0 Å². The Morgan fingerprint density at radius 1 is 1.62 bits per heavy atom. The van der Waals surface area contributed by atoms with Gasteiger partial charge in [0.15, 0.2) is 0 Å². The summed E-state index contributed by atoms with van der Waals surface area (Å²) in [7, 11) is 0. The normalized spacial score (nSPS) is 10.8. The van der Waals surface area contributed by atoms with Gasteiger partial charge in [0.25, 0.3) is 12.0 Å². The molecule has 1 aromatic rings. The Morgan fingerprint density at radius 3 is 2.77 bits per heavy atom. The molecule has 72 valence electrons. The lowest BCUT2D eigenvalue weighted by Gasteiger charge is -2.06. The van der Waals surface area contributed by atoms with Gasteiger partial charge in [-0.25, -0.2) is 8.78 Å². The maximum absolute atomic E-state index is 11.9. The first kappa shape index (κ1) is 9.70. The summed E-state index contributed by atoms with van der Waals surface area (Å²) in [6, 6.07) is 1.25. The van der Waals surface area contributed by atoms with Gasteiger partial charge in [0.05, 0.1) is 12.2 Å². The van der Waals surface area contributed by atoms with E-state index in [4.69, 9.17) is 5.73 Å². The first-order valence-corrected chi connectivity index (χ1v) is 3.75. The van der Waals surface area contributed by atoms with Crippen molar-refractivity contribution < 1.29 is 8.78 Å². The molecule has 0 amide bonds. The first-order chi connectivity index (χ1) is 6.00. The smallest absolute Gasteiger partial charge is 0.256 e. The quantitative estimate of drug-likeness (QED) is 0.752. The molecule has 0 aromatic carbocycles. The number of alkyl halides is 2. The van der Waals surface area contributed by atoms with Crippen molar-refractivity contribution >= 4 is 5.69 Å². The lowest BCUT2D eigenvalue weighted by molar-refractivity contribution is 0.125. The van der Waals surface area contributed by atoms with Gasteiger partial charge in [-0.15, -0.1) is 0 Å². The van der Waals surface area contributed by atoms with Gasteiger partial charge >= 0.3 is 0 Å². The summed E-state index contributed by atoms with van der Waals surface area (Å²) >= 11 is 0. The summed E-state index contributed by atoms with van der Waals surface area (Å²) in [5.74, 6) is 0. The summed E-state index contributed by atoms with van der Waals surface area (Å²) in [6.45, 7) is 1.05. The number of hydrogen-bond donors (Lipinski definition) is 1. The molecule has 1 aromatic heterocycles. The van der Waals surface area contributed by atoms with Crippen LogP contribution >= 0.6 is 0 Å². The average Bonchev–Trinajstić information content (AvgIpc) is 1.99. The molecular weight excluding hydrogens is 178 g/mol. The molecule has 0 radical (unpaired) electrons. The zero-order valence-corrected chi connectivity index (χ0v) is 7.13. The van der Waals surface area contributed by atoms with E-state index in [2.05, 4.69) is 0 Å². The molecule has 3 nitrogen and oxygen atoms in total. The first-order valence-electron chi connectivity index (χ1n) is 3.75. The van der Waals surface area contributed by atoms with Gasteiger partial charge in [0, 0.05) is 12.3 Å². The Hall–Kier alpha value is -1.39.